The van der Waals surface area contributed by atoms with E-state index in [-0.39, 0.29) is 11.8 Å². The fraction of sp³-hybridized carbons (Fsp3) is 0.240. The molecule has 2 heterocycles. The Hall–Kier alpha value is -3.87. The molecule has 0 spiro atoms. The van der Waals surface area contributed by atoms with E-state index in [9.17, 15) is 9.59 Å². The smallest absolute Gasteiger partial charge is 0.274 e. The second kappa shape index (κ2) is 9.96. The summed E-state index contributed by atoms with van der Waals surface area (Å²) in [6.07, 6.45) is 1.72. The van der Waals surface area contributed by atoms with Crippen LogP contribution in [0.15, 0.2) is 72.9 Å². The van der Waals surface area contributed by atoms with E-state index in [0.29, 0.717) is 37.5 Å². The molecule has 0 aliphatic carbocycles. The Morgan fingerprint density at radius 2 is 1.88 bits per heavy atom. The minimum absolute atomic E-state index is 0.0672. The molecule has 0 bridgehead atoms. The fourth-order valence-corrected chi connectivity index (χ4v) is 3.58. The predicted octanol–water partition coefficient (Wildman–Crippen LogP) is 3.65. The van der Waals surface area contributed by atoms with Crippen molar-refractivity contribution in [3.05, 3.63) is 84.1 Å². The van der Waals surface area contributed by atoms with Crippen LogP contribution >= 0.6 is 0 Å². The second-order valence-electron chi connectivity index (χ2n) is 7.45. The Kier molecular flexibility index (Phi) is 6.65. The standard InChI is InChI=1S/C25H25N3O4/c1-31-20-13-11-18(12-14-20)17-27-22(29)10-6-16-28-24-21(9-5-15-26-24)32-23(25(28)30)19-7-3-2-4-8-19/h2-5,7-9,11-15,23H,6,10,16-17H2,1H3,(H,27,29)/t23-/m1/s1. The fourth-order valence-electron chi connectivity index (χ4n) is 3.58. The van der Waals surface area contributed by atoms with Crippen LogP contribution in [0.5, 0.6) is 11.5 Å². The summed E-state index contributed by atoms with van der Waals surface area (Å²) in [5, 5.41) is 2.92. The Bertz CT molecular complexity index is 1070. The molecule has 2 amide bonds. The van der Waals surface area contributed by atoms with Gasteiger partial charge in [0, 0.05) is 31.3 Å². The number of carbonyl (C=O) groups excluding carboxylic acids is 2. The lowest BCUT2D eigenvalue weighted by Crippen LogP contribution is -2.42. The summed E-state index contributed by atoms with van der Waals surface area (Å²) in [5.41, 5.74) is 1.78. The number of aromatic nitrogens is 1. The van der Waals surface area contributed by atoms with E-state index in [0.717, 1.165) is 16.9 Å². The van der Waals surface area contributed by atoms with Gasteiger partial charge in [0.2, 0.25) is 12.0 Å². The number of rotatable bonds is 8. The van der Waals surface area contributed by atoms with Crippen LogP contribution in [0.25, 0.3) is 0 Å². The minimum Gasteiger partial charge on any atom is -0.497 e. The highest BCUT2D eigenvalue weighted by Gasteiger charge is 2.36. The average Bonchev–Trinajstić information content (AvgIpc) is 2.84. The highest BCUT2D eigenvalue weighted by atomic mass is 16.5. The number of benzene rings is 2. The van der Waals surface area contributed by atoms with Gasteiger partial charge in [-0.05, 0) is 36.2 Å². The van der Waals surface area contributed by atoms with Gasteiger partial charge in [0.25, 0.3) is 5.91 Å². The molecule has 1 aliphatic heterocycles. The summed E-state index contributed by atoms with van der Waals surface area (Å²) in [7, 11) is 1.62. The maximum Gasteiger partial charge on any atom is 0.274 e. The number of hydrogen-bond acceptors (Lipinski definition) is 5. The lowest BCUT2D eigenvalue weighted by Gasteiger charge is -2.33. The van der Waals surface area contributed by atoms with Gasteiger partial charge < -0.3 is 14.8 Å². The van der Waals surface area contributed by atoms with Crippen molar-refractivity contribution in [2.24, 2.45) is 0 Å². The van der Waals surface area contributed by atoms with Gasteiger partial charge in [0.1, 0.15) is 5.75 Å². The van der Waals surface area contributed by atoms with Gasteiger partial charge >= 0.3 is 0 Å². The van der Waals surface area contributed by atoms with Crippen molar-refractivity contribution >= 4 is 17.6 Å². The molecule has 0 saturated heterocycles. The Labute approximate surface area is 187 Å². The van der Waals surface area contributed by atoms with Crippen LogP contribution in [0.4, 0.5) is 5.82 Å². The maximum atomic E-state index is 13.2. The van der Waals surface area contributed by atoms with E-state index < -0.39 is 6.10 Å². The van der Waals surface area contributed by atoms with Gasteiger partial charge in [-0.2, -0.15) is 0 Å². The molecular formula is C25H25N3O4. The number of fused-ring (bicyclic) bond motifs is 1. The van der Waals surface area contributed by atoms with Crippen LogP contribution in [0.2, 0.25) is 0 Å². The number of nitrogens with zero attached hydrogens (tertiary/aromatic N) is 2. The van der Waals surface area contributed by atoms with Crippen molar-refractivity contribution in [1.29, 1.82) is 0 Å². The van der Waals surface area contributed by atoms with Crippen molar-refractivity contribution in [2.75, 3.05) is 18.6 Å². The highest BCUT2D eigenvalue weighted by Crippen LogP contribution is 2.37. The van der Waals surface area contributed by atoms with E-state index in [4.69, 9.17) is 9.47 Å². The maximum absolute atomic E-state index is 13.2. The molecule has 1 atom stereocenters. The van der Waals surface area contributed by atoms with Gasteiger partial charge in [-0.25, -0.2) is 4.98 Å². The van der Waals surface area contributed by atoms with Crippen LogP contribution in [-0.2, 0) is 16.1 Å². The van der Waals surface area contributed by atoms with Crippen molar-refractivity contribution < 1.29 is 19.1 Å². The molecule has 7 heteroatoms. The Morgan fingerprint density at radius 3 is 2.62 bits per heavy atom. The second-order valence-corrected chi connectivity index (χ2v) is 7.45. The van der Waals surface area contributed by atoms with Gasteiger partial charge in [-0.15, -0.1) is 0 Å². The largest absolute Gasteiger partial charge is 0.497 e. The number of pyridine rings is 1. The number of ether oxygens (including phenoxy) is 2. The lowest BCUT2D eigenvalue weighted by molar-refractivity contribution is -0.127. The van der Waals surface area contributed by atoms with E-state index >= 15 is 0 Å². The van der Waals surface area contributed by atoms with E-state index in [1.165, 1.54) is 0 Å². The normalized spacial score (nSPS) is 15.0. The van der Waals surface area contributed by atoms with Crippen molar-refractivity contribution in [3.8, 4) is 11.5 Å². The number of methoxy groups -OCH3 is 1. The Balaban J connectivity index is 1.36. The zero-order valence-corrected chi connectivity index (χ0v) is 17.9. The number of hydrogen-bond donors (Lipinski definition) is 1. The summed E-state index contributed by atoms with van der Waals surface area (Å²) in [4.78, 5) is 31.4. The lowest BCUT2D eigenvalue weighted by atomic mass is 10.1. The predicted molar refractivity (Wildman–Crippen MR) is 120 cm³/mol. The molecule has 0 fully saturated rings. The van der Waals surface area contributed by atoms with E-state index in [1.54, 1.807) is 30.3 Å². The van der Waals surface area contributed by atoms with Crippen LogP contribution in [0.3, 0.4) is 0 Å². The molecule has 0 unspecified atom stereocenters. The first-order valence-corrected chi connectivity index (χ1v) is 10.5. The molecule has 2 aromatic carbocycles. The van der Waals surface area contributed by atoms with Crippen molar-refractivity contribution in [3.63, 3.8) is 0 Å². The zero-order valence-electron chi connectivity index (χ0n) is 17.9. The van der Waals surface area contributed by atoms with Crippen molar-refractivity contribution in [2.45, 2.75) is 25.5 Å². The first kappa shape index (κ1) is 21.4. The molecule has 1 N–H and O–H groups in total. The van der Waals surface area contributed by atoms with Gasteiger partial charge in [-0.3, -0.25) is 14.5 Å². The number of amides is 2. The van der Waals surface area contributed by atoms with E-state index in [1.807, 2.05) is 54.6 Å². The van der Waals surface area contributed by atoms with Gasteiger partial charge in [-0.1, -0.05) is 42.5 Å². The summed E-state index contributed by atoms with van der Waals surface area (Å²) in [6.45, 7) is 0.825. The van der Waals surface area contributed by atoms with Crippen LogP contribution in [-0.4, -0.2) is 30.5 Å². The quantitative estimate of drug-likeness (QED) is 0.589. The van der Waals surface area contributed by atoms with Crippen molar-refractivity contribution in [1.82, 2.24) is 10.3 Å². The first-order valence-electron chi connectivity index (χ1n) is 10.5. The third-order valence-corrected chi connectivity index (χ3v) is 5.28. The summed E-state index contributed by atoms with van der Waals surface area (Å²) < 4.78 is 11.1. The van der Waals surface area contributed by atoms with Crippen LogP contribution in [0.1, 0.15) is 30.1 Å². The third-order valence-electron chi connectivity index (χ3n) is 5.28. The topological polar surface area (TPSA) is 80.8 Å². The molecule has 32 heavy (non-hydrogen) atoms. The SMILES string of the molecule is COc1ccc(CNC(=O)CCCN2C(=O)[C@@H](c3ccccc3)Oc3cccnc32)cc1. The first-order chi connectivity index (χ1) is 15.7. The molecule has 164 valence electrons. The Morgan fingerprint density at radius 1 is 1.09 bits per heavy atom. The summed E-state index contributed by atoms with van der Waals surface area (Å²) >= 11 is 0. The molecule has 0 radical (unpaired) electrons. The molecule has 7 nitrogen and oxygen atoms in total. The number of nitrogens with one attached hydrogen (secondary N) is 1. The monoisotopic (exact) mass is 431 g/mol. The molecule has 4 rings (SSSR count). The number of carbonyl (C=O) groups is 2. The zero-order chi connectivity index (χ0) is 22.3. The summed E-state index contributed by atoms with van der Waals surface area (Å²) in [6, 6.07) is 20.5. The van der Waals surface area contributed by atoms with E-state index in [2.05, 4.69) is 10.3 Å². The number of anilines is 1. The molecule has 3 aromatic rings. The highest BCUT2D eigenvalue weighted by molar-refractivity contribution is 5.99. The summed E-state index contributed by atoms with van der Waals surface area (Å²) in [5.74, 6) is 1.58. The van der Waals surface area contributed by atoms with Crippen LogP contribution < -0.4 is 19.7 Å². The molecular weight excluding hydrogens is 406 g/mol. The molecule has 0 saturated carbocycles. The average molecular weight is 431 g/mol. The van der Waals surface area contributed by atoms with Gasteiger partial charge in [0.15, 0.2) is 11.6 Å². The third kappa shape index (κ3) is 4.88. The van der Waals surface area contributed by atoms with Gasteiger partial charge in [0.05, 0.1) is 7.11 Å². The molecule has 1 aromatic heterocycles. The van der Waals surface area contributed by atoms with Crippen LogP contribution in [0, 0.1) is 0 Å². The minimum atomic E-state index is -0.725. The molecule has 1 aliphatic rings.